The van der Waals surface area contributed by atoms with Crippen LogP contribution in [0.2, 0.25) is 0 Å². The maximum Gasteiger partial charge on any atom is 0.425 e. The van der Waals surface area contributed by atoms with Crippen molar-refractivity contribution in [2.75, 3.05) is 6.61 Å². The van der Waals surface area contributed by atoms with E-state index in [-0.39, 0.29) is 18.6 Å². The van der Waals surface area contributed by atoms with Gasteiger partial charge in [0.1, 0.15) is 4.88 Å². The normalized spacial score (nSPS) is 12.1. The van der Waals surface area contributed by atoms with Crippen LogP contribution >= 0.6 is 27.3 Å². The van der Waals surface area contributed by atoms with E-state index in [1.54, 1.807) is 0 Å². The first kappa shape index (κ1) is 11.0. The van der Waals surface area contributed by atoms with Crippen LogP contribution in [-0.2, 0) is 12.6 Å². The van der Waals surface area contributed by atoms with Gasteiger partial charge in [-0.25, -0.2) is 0 Å². The number of aliphatic hydroxyl groups is 1. The van der Waals surface area contributed by atoms with Crippen LogP contribution in [-0.4, -0.2) is 11.7 Å². The predicted octanol–water partition coefficient (Wildman–Crippen LogP) is 3.06. The molecule has 0 radical (unpaired) electrons. The van der Waals surface area contributed by atoms with Crippen molar-refractivity contribution in [1.82, 2.24) is 0 Å². The number of hydrogen-bond donors (Lipinski definition) is 1. The van der Waals surface area contributed by atoms with Gasteiger partial charge in [-0.15, -0.1) is 11.3 Å². The third kappa shape index (κ3) is 2.69. The molecule has 0 amide bonds. The van der Waals surface area contributed by atoms with Crippen LogP contribution < -0.4 is 0 Å². The van der Waals surface area contributed by atoms with Gasteiger partial charge in [-0.2, -0.15) is 13.2 Å². The molecule has 0 saturated heterocycles. The molecule has 1 aromatic heterocycles. The van der Waals surface area contributed by atoms with E-state index in [1.807, 2.05) is 0 Å². The molecule has 0 atom stereocenters. The van der Waals surface area contributed by atoms with Crippen molar-refractivity contribution in [1.29, 1.82) is 0 Å². The second-order valence-electron chi connectivity index (χ2n) is 2.38. The van der Waals surface area contributed by atoms with Gasteiger partial charge in [-0.05, 0) is 34.0 Å². The molecular weight excluding hydrogens is 269 g/mol. The molecule has 0 aliphatic rings. The van der Waals surface area contributed by atoms with Gasteiger partial charge in [-0.1, -0.05) is 0 Å². The summed E-state index contributed by atoms with van der Waals surface area (Å²) in [4.78, 5) is -0.631. The quantitative estimate of drug-likeness (QED) is 0.879. The average Bonchev–Trinajstić information content (AvgIpc) is 2.30. The lowest BCUT2D eigenvalue weighted by molar-refractivity contribution is -0.134. The summed E-state index contributed by atoms with van der Waals surface area (Å²) in [5.74, 6) is 0. The molecule has 0 fully saturated rings. The number of hydrogen-bond acceptors (Lipinski definition) is 2. The molecule has 1 aromatic rings. The maximum absolute atomic E-state index is 12.3. The van der Waals surface area contributed by atoms with E-state index < -0.39 is 11.1 Å². The van der Waals surface area contributed by atoms with Crippen molar-refractivity contribution in [3.05, 3.63) is 20.3 Å². The fraction of sp³-hybridized carbons (Fsp3) is 0.429. The molecule has 0 aromatic carbocycles. The monoisotopic (exact) mass is 274 g/mol. The number of alkyl halides is 3. The lowest BCUT2D eigenvalue weighted by Gasteiger charge is -2.05. The van der Waals surface area contributed by atoms with E-state index in [4.69, 9.17) is 5.11 Å². The van der Waals surface area contributed by atoms with Crippen LogP contribution in [0.1, 0.15) is 10.4 Å². The van der Waals surface area contributed by atoms with Gasteiger partial charge in [0, 0.05) is 6.61 Å². The largest absolute Gasteiger partial charge is 0.425 e. The molecule has 74 valence electrons. The third-order valence-corrected chi connectivity index (χ3v) is 3.14. The molecule has 0 aliphatic heterocycles. The Balaban J connectivity index is 3.04. The van der Waals surface area contributed by atoms with Gasteiger partial charge in [-0.3, -0.25) is 0 Å². The van der Waals surface area contributed by atoms with E-state index in [1.165, 1.54) is 6.07 Å². The van der Waals surface area contributed by atoms with E-state index in [2.05, 4.69) is 15.9 Å². The second-order valence-corrected chi connectivity index (χ2v) is 4.81. The molecule has 1 N–H and O–H groups in total. The standard InChI is InChI=1S/C7H6BrF3OS/c8-5-3-4(1-2-12)6(13-5)7(9,10)11/h3,12H,1-2H2. The van der Waals surface area contributed by atoms with Crippen molar-refractivity contribution >= 4 is 27.3 Å². The van der Waals surface area contributed by atoms with Crippen molar-refractivity contribution in [3.8, 4) is 0 Å². The van der Waals surface area contributed by atoms with E-state index in [9.17, 15) is 13.2 Å². The topological polar surface area (TPSA) is 20.2 Å². The molecule has 13 heavy (non-hydrogen) atoms. The SMILES string of the molecule is OCCc1cc(Br)sc1C(F)(F)F. The minimum absolute atomic E-state index is 0.0386. The molecular formula is C7H6BrF3OS. The number of aliphatic hydroxyl groups excluding tert-OH is 1. The van der Waals surface area contributed by atoms with E-state index in [0.717, 1.165) is 0 Å². The fourth-order valence-corrected chi connectivity index (χ4v) is 2.51. The number of rotatable bonds is 2. The van der Waals surface area contributed by atoms with Gasteiger partial charge in [0.05, 0.1) is 3.79 Å². The van der Waals surface area contributed by atoms with Gasteiger partial charge in [0.25, 0.3) is 0 Å². The molecule has 6 heteroatoms. The van der Waals surface area contributed by atoms with Crippen LogP contribution in [0, 0.1) is 0 Å². The first-order chi connectivity index (χ1) is 5.95. The summed E-state index contributed by atoms with van der Waals surface area (Å²) >= 11 is 3.62. The van der Waals surface area contributed by atoms with Crippen LogP contribution in [0.5, 0.6) is 0 Å². The van der Waals surface area contributed by atoms with Crippen LogP contribution in [0.4, 0.5) is 13.2 Å². The van der Waals surface area contributed by atoms with Gasteiger partial charge in [0.15, 0.2) is 0 Å². The average molecular weight is 275 g/mol. The van der Waals surface area contributed by atoms with Crippen molar-refractivity contribution in [2.24, 2.45) is 0 Å². The molecule has 0 aliphatic carbocycles. The van der Waals surface area contributed by atoms with Crippen molar-refractivity contribution in [2.45, 2.75) is 12.6 Å². The summed E-state index contributed by atoms with van der Waals surface area (Å²) < 4.78 is 37.3. The number of thiophene rings is 1. The van der Waals surface area contributed by atoms with Crippen LogP contribution in [0.25, 0.3) is 0 Å². The molecule has 1 rings (SSSR count). The maximum atomic E-state index is 12.3. The molecule has 0 bridgehead atoms. The zero-order valence-electron chi connectivity index (χ0n) is 6.36. The highest BCUT2D eigenvalue weighted by Crippen LogP contribution is 2.39. The molecule has 0 unspecified atom stereocenters. The van der Waals surface area contributed by atoms with Crippen molar-refractivity contribution < 1.29 is 18.3 Å². The van der Waals surface area contributed by atoms with Crippen LogP contribution in [0.3, 0.4) is 0 Å². The summed E-state index contributed by atoms with van der Waals surface area (Å²) in [5.41, 5.74) is 0.145. The zero-order valence-corrected chi connectivity index (χ0v) is 8.76. The van der Waals surface area contributed by atoms with Gasteiger partial charge < -0.3 is 5.11 Å². The Kier molecular flexibility index (Phi) is 3.37. The highest BCUT2D eigenvalue weighted by molar-refractivity contribution is 9.11. The first-order valence-corrected chi connectivity index (χ1v) is 5.02. The Morgan fingerprint density at radius 2 is 2.08 bits per heavy atom. The first-order valence-electron chi connectivity index (χ1n) is 3.41. The number of halogens is 4. The predicted molar refractivity (Wildman–Crippen MR) is 47.8 cm³/mol. The fourth-order valence-electron chi connectivity index (χ4n) is 0.941. The van der Waals surface area contributed by atoms with Gasteiger partial charge in [0.2, 0.25) is 0 Å². The Morgan fingerprint density at radius 3 is 2.54 bits per heavy atom. The Bertz CT molecular complexity index is 294. The molecule has 0 saturated carbocycles. The summed E-state index contributed by atoms with van der Waals surface area (Å²) in [6.45, 7) is -0.272. The van der Waals surface area contributed by atoms with Crippen LogP contribution in [0.15, 0.2) is 9.85 Å². The Hall–Kier alpha value is -0.0700. The lowest BCUT2D eigenvalue weighted by Crippen LogP contribution is -2.06. The molecule has 1 nitrogen and oxygen atoms in total. The molecule has 0 spiro atoms. The summed E-state index contributed by atoms with van der Waals surface area (Å²) in [7, 11) is 0. The minimum atomic E-state index is -4.32. The van der Waals surface area contributed by atoms with E-state index in [0.29, 0.717) is 15.1 Å². The summed E-state index contributed by atoms with van der Waals surface area (Å²) in [5, 5.41) is 8.54. The smallest absolute Gasteiger partial charge is 0.396 e. The summed E-state index contributed by atoms with van der Waals surface area (Å²) in [6, 6.07) is 1.39. The summed E-state index contributed by atoms with van der Waals surface area (Å²) in [6.07, 6.45) is -4.28. The highest BCUT2D eigenvalue weighted by atomic mass is 79.9. The van der Waals surface area contributed by atoms with Gasteiger partial charge >= 0.3 is 6.18 Å². The zero-order chi connectivity index (χ0) is 10.1. The minimum Gasteiger partial charge on any atom is -0.396 e. The van der Waals surface area contributed by atoms with E-state index >= 15 is 0 Å². The second kappa shape index (κ2) is 3.98. The Labute approximate surface area is 85.3 Å². The Morgan fingerprint density at radius 1 is 1.46 bits per heavy atom. The lowest BCUT2D eigenvalue weighted by atomic mass is 10.2. The third-order valence-electron chi connectivity index (χ3n) is 1.42. The molecule has 1 heterocycles. The van der Waals surface area contributed by atoms with Crippen molar-refractivity contribution in [3.63, 3.8) is 0 Å². The highest BCUT2D eigenvalue weighted by Gasteiger charge is 2.35.